The molecule has 1 aliphatic carbocycles. The van der Waals surface area contributed by atoms with Crippen molar-refractivity contribution in [2.45, 2.75) is 52.1 Å². The lowest BCUT2D eigenvalue weighted by Crippen LogP contribution is -2.14. The lowest BCUT2D eigenvalue weighted by atomic mass is 9.85. The molecule has 2 aromatic carbocycles. The van der Waals surface area contributed by atoms with Crippen LogP contribution in [0.2, 0.25) is 0 Å². The molecular weight excluding hydrogens is 420 g/mol. The van der Waals surface area contributed by atoms with Crippen LogP contribution in [-0.2, 0) is 14.3 Å². The largest absolute Gasteiger partial charge is 0.463 e. The molecule has 0 radical (unpaired) electrons. The Balaban J connectivity index is 1.63. The summed E-state index contributed by atoms with van der Waals surface area (Å²) in [6, 6.07) is 20.5. The summed E-state index contributed by atoms with van der Waals surface area (Å²) in [7, 11) is 0. The van der Waals surface area contributed by atoms with Crippen LogP contribution in [0.25, 0.3) is 12.2 Å². The van der Waals surface area contributed by atoms with Crippen LogP contribution >= 0.6 is 0 Å². The van der Waals surface area contributed by atoms with Crippen molar-refractivity contribution in [3.63, 3.8) is 0 Å². The fraction of sp³-hybridized carbons (Fsp3) is 0.355. The molecule has 0 heterocycles. The average Bonchev–Trinajstić information content (AvgIpc) is 3.13. The molecule has 3 atom stereocenters. The van der Waals surface area contributed by atoms with Gasteiger partial charge in [0.1, 0.15) is 5.78 Å². The molecule has 0 amide bonds. The van der Waals surface area contributed by atoms with Crippen molar-refractivity contribution < 1.29 is 14.3 Å². The van der Waals surface area contributed by atoms with Crippen molar-refractivity contribution in [2.24, 2.45) is 17.8 Å². The van der Waals surface area contributed by atoms with E-state index in [0.717, 1.165) is 30.4 Å². The highest BCUT2D eigenvalue weighted by atomic mass is 16.5. The van der Waals surface area contributed by atoms with Crippen LogP contribution in [0.1, 0.15) is 57.1 Å². The predicted octanol–water partition coefficient (Wildman–Crippen LogP) is 7.30. The molecule has 1 aliphatic rings. The van der Waals surface area contributed by atoms with Crippen molar-refractivity contribution in [1.29, 1.82) is 0 Å². The van der Waals surface area contributed by atoms with Crippen molar-refractivity contribution in [2.75, 3.05) is 0 Å². The fourth-order valence-corrected chi connectivity index (χ4v) is 4.43. The number of hydrogen-bond donors (Lipinski definition) is 0. The zero-order valence-electron chi connectivity index (χ0n) is 20.3. The SMILES string of the molecule is CC(C)OC(=O)CCC/C=C\C[C@H]1C(=O)CC(/C=C/c2ccccc2)[C@@H]1/C=C/c1ccccc1. The summed E-state index contributed by atoms with van der Waals surface area (Å²) >= 11 is 0. The van der Waals surface area contributed by atoms with Crippen molar-refractivity contribution in [3.05, 3.63) is 96.1 Å². The normalized spacial score (nSPS) is 20.8. The summed E-state index contributed by atoms with van der Waals surface area (Å²) in [5.74, 6) is 0.520. The zero-order valence-corrected chi connectivity index (χ0v) is 20.3. The molecule has 0 saturated heterocycles. The molecule has 178 valence electrons. The number of benzene rings is 2. The predicted molar refractivity (Wildman–Crippen MR) is 140 cm³/mol. The minimum Gasteiger partial charge on any atom is -0.463 e. The van der Waals surface area contributed by atoms with Crippen molar-refractivity contribution in [3.8, 4) is 0 Å². The second kappa shape index (κ2) is 13.5. The highest BCUT2D eigenvalue weighted by molar-refractivity contribution is 5.85. The Morgan fingerprint density at radius 2 is 1.56 bits per heavy atom. The van der Waals surface area contributed by atoms with Crippen LogP contribution in [0.5, 0.6) is 0 Å². The number of Topliss-reactive ketones (excluding diaryl/α,β-unsaturated/α-hetero) is 1. The minimum atomic E-state index is -0.145. The van der Waals surface area contributed by atoms with Gasteiger partial charge in [0.25, 0.3) is 0 Å². The van der Waals surface area contributed by atoms with E-state index in [1.807, 2.05) is 50.2 Å². The van der Waals surface area contributed by atoms with E-state index < -0.39 is 0 Å². The maximum atomic E-state index is 13.0. The van der Waals surface area contributed by atoms with Crippen molar-refractivity contribution >= 4 is 23.9 Å². The topological polar surface area (TPSA) is 43.4 Å². The van der Waals surface area contributed by atoms with E-state index in [-0.39, 0.29) is 29.8 Å². The Morgan fingerprint density at radius 1 is 0.941 bits per heavy atom. The van der Waals surface area contributed by atoms with Crippen LogP contribution in [-0.4, -0.2) is 17.9 Å². The van der Waals surface area contributed by atoms with Crippen molar-refractivity contribution in [1.82, 2.24) is 0 Å². The van der Waals surface area contributed by atoms with Gasteiger partial charge in [0.15, 0.2) is 0 Å². The van der Waals surface area contributed by atoms with E-state index in [1.54, 1.807) is 0 Å². The fourth-order valence-electron chi connectivity index (χ4n) is 4.43. The number of unbranched alkanes of at least 4 members (excludes halogenated alkanes) is 1. The van der Waals surface area contributed by atoms with Gasteiger partial charge < -0.3 is 4.74 Å². The number of rotatable bonds is 11. The summed E-state index contributed by atoms with van der Waals surface area (Å²) < 4.78 is 5.17. The number of hydrogen-bond acceptors (Lipinski definition) is 3. The van der Waals surface area contributed by atoms with Gasteiger partial charge in [0, 0.05) is 18.8 Å². The molecule has 0 N–H and O–H groups in total. The molecule has 0 aliphatic heterocycles. The van der Waals surface area contributed by atoms with Gasteiger partial charge in [0.05, 0.1) is 6.10 Å². The molecule has 3 rings (SSSR count). The van der Waals surface area contributed by atoms with E-state index in [1.165, 1.54) is 0 Å². The Hall–Kier alpha value is -3.20. The van der Waals surface area contributed by atoms with Gasteiger partial charge >= 0.3 is 5.97 Å². The van der Waals surface area contributed by atoms with Gasteiger partial charge in [-0.05, 0) is 56.1 Å². The molecule has 34 heavy (non-hydrogen) atoms. The van der Waals surface area contributed by atoms with Crippen LogP contribution in [0.4, 0.5) is 0 Å². The highest BCUT2D eigenvalue weighted by Crippen LogP contribution is 2.39. The minimum absolute atomic E-state index is 0.0208. The summed E-state index contributed by atoms with van der Waals surface area (Å²) in [6.07, 6.45) is 16.2. The first kappa shape index (κ1) is 25.4. The lowest BCUT2D eigenvalue weighted by molar-refractivity contribution is -0.147. The molecule has 1 fully saturated rings. The first-order valence-corrected chi connectivity index (χ1v) is 12.4. The molecule has 1 saturated carbocycles. The average molecular weight is 457 g/mol. The van der Waals surface area contributed by atoms with Crippen LogP contribution in [0, 0.1) is 17.8 Å². The molecule has 3 heteroatoms. The van der Waals surface area contributed by atoms with E-state index >= 15 is 0 Å². The number of ketones is 1. The molecule has 0 spiro atoms. The van der Waals surface area contributed by atoms with Gasteiger partial charge in [-0.25, -0.2) is 0 Å². The molecular formula is C31H36O3. The van der Waals surface area contributed by atoms with Gasteiger partial charge in [-0.1, -0.05) is 97.1 Å². The van der Waals surface area contributed by atoms with Gasteiger partial charge in [0.2, 0.25) is 0 Å². The summed E-state index contributed by atoms with van der Waals surface area (Å²) in [6.45, 7) is 3.72. The number of allylic oxidation sites excluding steroid dienone is 4. The Labute approximate surface area is 204 Å². The monoisotopic (exact) mass is 456 g/mol. The summed E-state index contributed by atoms with van der Waals surface area (Å²) in [4.78, 5) is 24.6. The molecule has 0 aromatic heterocycles. The Morgan fingerprint density at radius 3 is 2.18 bits per heavy atom. The first-order chi connectivity index (χ1) is 16.5. The summed E-state index contributed by atoms with van der Waals surface area (Å²) in [5.41, 5.74) is 2.30. The molecule has 0 bridgehead atoms. The number of ether oxygens (including phenoxy) is 1. The first-order valence-electron chi connectivity index (χ1n) is 12.4. The second-order valence-corrected chi connectivity index (χ2v) is 9.20. The van der Waals surface area contributed by atoms with Crippen LogP contribution in [0.3, 0.4) is 0 Å². The third kappa shape index (κ3) is 8.30. The highest BCUT2D eigenvalue weighted by Gasteiger charge is 2.38. The van der Waals surface area contributed by atoms with Gasteiger partial charge in [-0.2, -0.15) is 0 Å². The lowest BCUT2D eigenvalue weighted by Gasteiger charge is -2.17. The van der Waals surface area contributed by atoms with Crippen LogP contribution in [0.15, 0.2) is 85.0 Å². The quantitative estimate of drug-likeness (QED) is 0.202. The number of esters is 1. The Kier molecular flexibility index (Phi) is 10.1. The van der Waals surface area contributed by atoms with E-state index in [9.17, 15) is 9.59 Å². The summed E-state index contributed by atoms with van der Waals surface area (Å²) in [5, 5.41) is 0. The molecule has 2 aromatic rings. The van der Waals surface area contributed by atoms with Gasteiger partial charge in [-0.15, -0.1) is 0 Å². The second-order valence-electron chi connectivity index (χ2n) is 9.20. The van der Waals surface area contributed by atoms with E-state index in [4.69, 9.17) is 4.74 Å². The third-order valence-electron chi connectivity index (χ3n) is 6.13. The number of carbonyl (C=O) groups excluding carboxylic acids is 2. The van der Waals surface area contributed by atoms with Crippen LogP contribution < -0.4 is 0 Å². The molecule has 3 nitrogen and oxygen atoms in total. The zero-order chi connectivity index (χ0) is 24.2. The standard InChI is InChI=1S/C31H36O3/c1-24(2)34-31(33)18-12-4-3-11-17-29-28(22-20-26-15-9-6-10-16-26)27(23-30(29)32)21-19-25-13-7-5-8-14-25/h3,5-11,13-16,19-22,24,27-29H,4,12,17-18,23H2,1-2H3/b11-3-,21-19+,22-20+/t27?,28-,29+/m0/s1. The molecule has 1 unspecified atom stereocenters. The van der Waals surface area contributed by atoms with Gasteiger partial charge in [-0.3, -0.25) is 9.59 Å². The maximum Gasteiger partial charge on any atom is 0.306 e. The maximum absolute atomic E-state index is 13.0. The number of carbonyl (C=O) groups is 2. The Bertz CT molecular complexity index is 986. The third-order valence-corrected chi connectivity index (χ3v) is 6.13. The van der Waals surface area contributed by atoms with E-state index in [2.05, 4.69) is 60.7 Å². The smallest absolute Gasteiger partial charge is 0.306 e. The van der Waals surface area contributed by atoms with E-state index in [0.29, 0.717) is 18.6 Å².